The van der Waals surface area contributed by atoms with Gasteiger partial charge in [0.05, 0.1) is 0 Å². The Bertz CT molecular complexity index is 843. The molecule has 2 heterocycles. The Labute approximate surface area is 145 Å². The standard InChI is InChI=1S/C17H20N5OS/c1-17(2,3)15(23)11-5-6-13-12(9-11)20-10-22(13,18)14-7-8-19-16(21-14)24-4/h5-10H,18H2,1-4H3/q+1. The molecule has 1 unspecified atom stereocenters. The summed E-state index contributed by atoms with van der Waals surface area (Å²) in [5.41, 5.74) is 1.67. The molecule has 0 fully saturated rings. The van der Waals surface area contributed by atoms with Gasteiger partial charge in [-0.25, -0.2) is 4.98 Å². The lowest BCUT2D eigenvalue weighted by atomic mass is 9.86. The Hall–Kier alpha value is -2.09. The first-order valence-electron chi connectivity index (χ1n) is 7.55. The summed E-state index contributed by atoms with van der Waals surface area (Å²) in [6.45, 7) is 5.71. The van der Waals surface area contributed by atoms with Crippen molar-refractivity contribution >= 4 is 41.1 Å². The number of rotatable bonds is 3. The molecule has 1 aliphatic rings. The minimum atomic E-state index is -0.439. The number of thioether (sulfide) groups is 1. The predicted octanol–water partition coefficient (Wildman–Crippen LogP) is 3.61. The second-order valence-corrected chi connectivity index (χ2v) is 7.48. The predicted molar refractivity (Wildman–Crippen MR) is 97.8 cm³/mol. The molecule has 0 aliphatic carbocycles. The molecule has 2 aromatic rings. The smallest absolute Gasteiger partial charge is 0.262 e. The van der Waals surface area contributed by atoms with Gasteiger partial charge in [0.1, 0.15) is 5.69 Å². The van der Waals surface area contributed by atoms with E-state index >= 15 is 0 Å². The molecule has 0 bridgehead atoms. The Balaban J connectivity index is 2.04. The summed E-state index contributed by atoms with van der Waals surface area (Å²) < 4.78 is -0.130. The zero-order chi connectivity index (χ0) is 17.5. The molecule has 124 valence electrons. The van der Waals surface area contributed by atoms with Crippen LogP contribution in [0.15, 0.2) is 40.6 Å². The highest BCUT2D eigenvalue weighted by atomic mass is 32.2. The normalized spacial score (nSPS) is 19.4. The van der Waals surface area contributed by atoms with Crippen LogP contribution in [0.5, 0.6) is 0 Å². The van der Waals surface area contributed by atoms with Crippen molar-refractivity contribution in [1.29, 1.82) is 0 Å². The van der Waals surface area contributed by atoms with Gasteiger partial charge in [-0.3, -0.25) is 4.79 Å². The molecule has 0 radical (unpaired) electrons. The zero-order valence-electron chi connectivity index (χ0n) is 14.1. The van der Waals surface area contributed by atoms with Crippen molar-refractivity contribution in [1.82, 2.24) is 14.6 Å². The van der Waals surface area contributed by atoms with E-state index in [-0.39, 0.29) is 10.4 Å². The molecule has 0 saturated carbocycles. The summed E-state index contributed by atoms with van der Waals surface area (Å²) in [6, 6.07) is 7.22. The van der Waals surface area contributed by atoms with E-state index in [0.717, 1.165) is 5.69 Å². The largest absolute Gasteiger partial charge is 0.294 e. The van der Waals surface area contributed by atoms with Gasteiger partial charge in [-0.15, -0.1) is 4.59 Å². The number of hydrogen-bond donors (Lipinski definition) is 1. The lowest BCUT2D eigenvalue weighted by Crippen LogP contribution is -2.49. The minimum Gasteiger partial charge on any atom is -0.294 e. The van der Waals surface area contributed by atoms with Crippen molar-refractivity contribution in [3.8, 4) is 0 Å². The third-order valence-corrected chi connectivity index (χ3v) is 4.44. The number of Topliss-reactive ketones (excluding diaryl/α,β-unsaturated/α-hetero) is 1. The number of carbonyl (C=O) groups excluding carboxylic acids is 1. The number of nitrogens with two attached hydrogens (primary N) is 1. The topological polar surface area (TPSA) is 81.2 Å². The van der Waals surface area contributed by atoms with Crippen molar-refractivity contribution in [2.45, 2.75) is 25.9 Å². The van der Waals surface area contributed by atoms with Crippen LogP contribution in [0.25, 0.3) is 0 Å². The third-order valence-electron chi connectivity index (χ3n) is 3.88. The van der Waals surface area contributed by atoms with E-state index in [2.05, 4.69) is 15.0 Å². The number of carbonyl (C=O) groups is 1. The zero-order valence-corrected chi connectivity index (χ0v) is 15.0. The maximum atomic E-state index is 12.5. The van der Waals surface area contributed by atoms with Crippen LogP contribution in [0, 0.1) is 5.41 Å². The number of fused-ring (bicyclic) bond motifs is 1. The quantitative estimate of drug-likeness (QED) is 0.303. The lowest BCUT2D eigenvalue weighted by molar-refractivity contribution is 0.0858. The van der Waals surface area contributed by atoms with Crippen LogP contribution in [0.3, 0.4) is 0 Å². The van der Waals surface area contributed by atoms with E-state index in [4.69, 9.17) is 5.84 Å². The first-order chi connectivity index (χ1) is 11.3. The first kappa shape index (κ1) is 16.8. The summed E-state index contributed by atoms with van der Waals surface area (Å²) in [6.07, 6.45) is 5.23. The average molecular weight is 342 g/mol. The molecule has 6 nitrogen and oxygen atoms in total. The van der Waals surface area contributed by atoms with Crippen LogP contribution in [-0.2, 0) is 0 Å². The average Bonchev–Trinajstić information content (AvgIpc) is 2.91. The summed E-state index contributed by atoms with van der Waals surface area (Å²) in [4.78, 5) is 25.5. The van der Waals surface area contributed by atoms with Crippen LogP contribution in [-0.4, -0.2) is 28.3 Å². The molecule has 1 aromatic carbocycles. The monoisotopic (exact) mass is 342 g/mol. The number of aliphatic imine (C=N–C) groups is 1. The van der Waals surface area contributed by atoms with E-state index in [1.807, 2.05) is 33.1 Å². The molecule has 3 rings (SSSR count). The van der Waals surface area contributed by atoms with Crippen molar-refractivity contribution in [2.24, 2.45) is 16.3 Å². The summed E-state index contributed by atoms with van der Waals surface area (Å²) in [5.74, 6) is 7.24. The second kappa shape index (κ2) is 5.77. The summed E-state index contributed by atoms with van der Waals surface area (Å²) in [7, 11) is 0. The Morgan fingerprint density at radius 2 is 2.00 bits per heavy atom. The van der Waals surface area contributed by atoms with E-state index in [1.54, 1.807) is 30.7 Å². The van der Waals surface area contributed by atoms with Crippen molar-refractivity contribution < 1.29 is 4.79 Å². The molecule has 2 N–H and O–H groups in total. The molecule has 7 heteroatoms. The van der Waals surface area contributed by atoms with Crippen molar-refractivity contribution in [3.63, 3.8) is 0 Å². The van der Waals surface area contributed by atoms with Gasteiger partial charge < -0.3 is 0 Å². The number of aromatic nitrogens is 2. The third kappa shape index (κ3) is 2.75. The highest BCUT2D eigenvalue weighted by Crippen LogP contribution is 2.41. The second-order valence-electron chi connectivity index (χ2n) is 6.71. The molecule has 1 aliphatic heterocycles. The minimum absolute atomic E-state index is 0.0780. The number of ketones is 1. The van der Waals surface area contributed by atoms with Gasteiger partial charge in [-0.05, 0) is 18.4 Å². The lowest BCUT2D eigenvalue weighted by Gasteiger charge is -2.22. The van der Waals surface area contributed by atoms with Gasteiger partial charge in [-0.1, -0.05) is 32.5 Å². The van der Waals surface area contributed by atoms with E-state index in [9.17, 15) is 4.79 Å². The fourth-order valence-electron chi connectivity index (χ4n) is 2.55. The van der Waals surface area contributed by atoms with Gasteiger partial charge in [0.2, 0.25) is 6.34 Å². The molecule has 0 amide bonds. The molecule has 1 atom stereocenters. The highest BCUT2D eigenvalue weighted by Gasteiger charge is 2.38. The molecular weight excluding hydrogens is 322 g/mol. The molecule has 0 spiro atoms. The number of quaternary nitrogens is 1. The van der Waals surface area contributed by atoms with Gasteiger partial charge >= 0.3 is 0 Å². The fraction of sp³-hybridized carbons (Fsp3) is 0.294. The number of hydrogen-bond acceptors (Lipinski definition) is 6. The maximum Gasteiger partial charge on any atom is 0.262 e. The number of nitrogens with zero attached hydrogens (tertiary/aromatic N) is 4. The maximum absolute atomic E-state index is 12.5. The van der Waals surface area contributed by atoms with Crippen molar-refractivity contribution in [3.05, 3.63) is 36.0 Å². The van der Waals surface area contributed by atoms with E-state index < -0.39 is 5.41 Å². The van der Waals surface area contributed by atoms with Crippen molar-refractivity contribution in [2.75, 3.05) is 6.26 Å². The number of benzene rings is 1. The van der Waals surface area contributed by atoms with Crippen LogP contribution in [0.2, 0.25) is 0 Å². The van der Waals surface area contributed by atoms with Gasteiger partial charge in [0, 0.05) is 29.3 Å². The van der Waals surface area contributed by atoms with Gasteiger partial charge in [0.25, 0.3) is 5.82 Å². The molecule has 0 saturated heterocycles. The van der Waals surface area contributed by atoms with E-state index in [1.165, 1.54) is 11.8 Å². The molecular formula is C17H20N5OS+. The Morgan fingerprint density at radius 3 is 2.67 bits per heavy atom. The summed E-state index contributed by atoms with van der Waals surface area (Å²) in [5, 5.41) is 0.650. The Morgan fingerprint density at radius 1 is 1.25 bits per heavy atom. The van der Waals surface area contributed by atoms with Gasteiger partial charge in [0.15, 0.2) is 16.6 Å². The van der Waals surface area contributed by atoms with Crippen LogP contribution < -0.4 is 10.4 Å². The van der Waals surface area contributed by atoms with E-state index in [0.29, 0.717) is 22.2 Å². The van der Waals surface area contributed by atoms with Crippen LogP contribution in [0.1, 0.15) is 31.1 Å². The van der Waals surface area contributed by atoms with Crippen LogP contribution in [0.4, 0.5) is 17.2 Å². The molecule has 1 aromatic heterocycles. The fourth-order valence-corrected chi connectivity index (χ4v) is 2.90. The Kier molecular flexibility index (Phi) is 4.03. The highest BCUT2D eigenvalue weighted by molar-refractivity contribution is 7.98. The molecule has 24 heavy (non-hydrogen) atoms. The summed E-state index contributed by atoms with van der Waals surface area (Å²) >= 11 is 1.45. The SMILES string of the molecule is CSc1nccc([N+]2(N)C=Nc3cc(C(=O)C(C)(C)C)ccc32)n1. The van der Waals surface area contributed by atoms with Gasteiger partial charge in [-0.2, -0.15) is 15.8 Å². The van der Waals surface area contributed by atoms with Crippen LogP contribution >= 0.6 is 11.8 Å². The first-order valence-corrected chi connectivity index (χ1v) is 8.78.